The van der Waals surface area contributed by atoms with Gasteiger partial charge in [-0.3, -0.25) is 13.9 Å². The van der Waals surface area contributed by atoms with Crippen LogP contribution in [0.25, 0.3) is 0 Å². The molecular formula is C23H29Cl2N3O4S. The molecule has 0 radical (unpaired) electrons. The lowest BCUT2D eigenvalue weighted by Gasteiger charge is -2.33. The van der Waals surface area contributed by atoms with E-state index in [0.717, 1.165) is 17.0 Å². The molecule has 0 heterocycles. The van der Waals surface area contributed by atoms with Crippen LogP contribution in [0.5, 0.6) is 0 Å². The molecule has 0 aromatic heterocycles. The van der Waals surface area contributed by atoms with Crippen molar-refractivity contribution in [1.82, 2.24) is 10.2 Å². The Morgan fingerprint density at radius 2 is 1.61 bits per heavy atom. The summed E-state index contributed by atoms with van der Waals surface area (Å²) >= 11 is 12.7. The van der Waals surface area contributed by atoms with Crippen LogP contribution in [-0.2, 0) is 26.2 Å². The molecule has 2 amide bonds. The van der Waals surface area contributed by atoms with Crippen molar-refractivity contribution in [3.63, 3.8) is 0 Å². The lowest BCUT2D eigenvalue weighted by molar-refractivity contribution is -0.140. The van der Waals surface area contributed by atoms with Gasteiger partial charge in [0, 0.05) is 28.7 Å². The van der Waals surface area contributed by atoms with E-state index in [2.05, 4.69) is 5.32 Å². The molecule has 0 bridgehead atoms. The molecule has 7 nitrogen and oxygen atoms in total. The molecule has 0 aliphatic rings. The Morgan fingerprint density at radius 3 is 2.12 bits per heavy atom. The minimum absolute atomic E-state index is 0.0399. The number of nitrogens with zero attached hydrogens (tertiary/aromatic N) is 2. The van der Waals surface area contributed by atoms with Gasteiger partial charge >= 0.3 is 0 Å². The molecule has 0 spiro atoms. The maximum Gasteiger partial charge on any atom is 0.244 e. The third kappa shape index (κ3) is 7.35. The van der Waals surface area contributed by atoms with Crippen molar-refractivity contribution in [2.24, 2.45) is 0 Å². The van der Waals surface area contributed by atoms with E-state index in [1.165, 1.54) is 4.90 Å². The zero-order valence-electron chi connectivity index (χ0n) is 18.9. The quantitative estimate of drug-likeness (QED) is 0.490. The third-order valence-corrected chi connectivity index (χ3v) is 6.90. The number of hydrogen-bond acceptors (Lipinski definition) is 4. The van der Waals surface area contributed by atoms with Gasteiger partial charge in [-0.1, -0.05) is 61.3 Å². The van der Waals surface area contributed by atoms with Crippen LogP contribution < -0.4 is 9.62 Å². The maximum absolute atomic E-state index is 13.5. The van der Waals surface area contributed by atoms with E-state index >= 15 is 0 Å². The Hall–Kier alpha value is -2.29. The van der Waals surface area contributed by atoms with Crippen molar-refractivity contribution in [2.45, 2.75) is 39.3 Å². The summed E-state index contributed by atoms with van der Waals surface area (Å²) in [5, 5.41) is 3.53. The zero-order valence-corrected chi connectivity index (χ0v) is 21.3. The summed E-state index contributed by atoms with van der Waals surface area (Å²) in [6.45, 7) is 3.67. The van der Waals surface area contributed by atoms with E-state index in [-0.39, 0.29) is 12.5 Å². The lowest BCUT2D eigenvalue weighted by atomic mass is 10.1. The number of para-hydroxylation sites is 1. The largest absolute Gasteiger partial charge is 0.354 e. The summed E-state index contributed by atoms with van der Waals surface area (Å²) in [6.07, 6.45) is 2.10. The molecule has 0 saturated carbocycles. The first-order valence-corrected chi connectivity index (χ1v) is 13.2. The van der Waals surface area contributed by atoms with E-state index in [4.69, 9.17) is 23.2 Å². The number of nitrogens with one attached hydrogen (secondary N) is 1. The molecule has 2 aromatic rings. The van der Waals surface area contributed by atoms with Gasteiger partial charge in [-0.2, -0.15) is 0 Å². The average Bonchev–Trinajstić information content (AvgIpc) is 2.77. The Kier molecular flexibility index (Phi) is 10.0. The predicted octanol–water partition coefficient (Wildman–Crippen LogP) is 4.09. The van der Waals surface area contributed by atoms with E-state index in [0.29, 0.717) is 34.3 Å². The van der Waals surface area contributed by atoms with Crippen LogP contribution in [0.1, 0.15) is 32.3 Å². The number of carbonyl (C=O) groups is 2. The molecule has 0 unspecified atom stereocenters. The first-order chi connectivity index (χ1) is 15.6. The van der Waals surface area contributed by atoms with Crippen LogP contribution in [0.2, 0.25) is 10.0 Å². The summed E-state index contributed by atoms with van der Waals surface area (Å²) in [7, 11) is -3.77. The Morgan fingerprint density at radius 1 is 1.00 bits per heavy atom. The summed E-state index contributed by atoms with van der Waals surface area (Å²) < 4.78 is 26.0. The molecule has 2 aromatic carbocycles. The van der Waals surface area contributed by atoms with E-state index in [9.17, 15) is 18.0 Å². The van der Waals surface area contributed by atoms with Crippen molar-refractivity contribution < 1.29 is 18.0 Å². The molecule has 2 rings (SSSR count). The van der Waals surface area contributed by atoms with Gasteiger partial charge in [-0.15, -0.1) is 0 Å². The van der Waals surface area contributed by atoms with Gasteiger partial charge in [0.15, 0.2) is 0 Å². The number of rotatable bonds is 11. The second kappa shape index (κ2) is 12.3. The molecule has 180 valence electrons. The summed E-state index contributed by atoms with van der Waals surface area (Å²) in [4.78, 5) is 27.8. The Balaban J connectivity index is 2.46. The number of benzene rings is 2. The Bertz CT molecular complexity index is 1040. The zero-order chi connectivity index (χ0) is 24.6. The van der Waals surface area contributed by atoms with Crippen LogP contribution in [0.3, 0.4) is 0 Å². The Labute approximate surface area is 205 Å². The third-order valence-electron chi connectivity index (χ3n) is 5.05. The SMILES string of the molecule is CCCNC(=O)[C@@H](CC)N(Cc1c(Cl)cccc1Cl)C(=O)CN(c1ccccc1)S(C)(=O)=O. The first-order valence-electron chi connectivity index (χ1n) is 10.6. The van der Waals surface area contributed by atoms with Crippen molar-refractivity contribution in [2.75, 3.05) is 23.7 Å². The van der Waals surface area contributed by atoms with Gasteiger partial charge in [0.1, 0.15) is 12.6 Å². The second-order valence-corrected chi connectivity index (χ2v) is 10.3. The van der Waals surface area contributed by atoms with Gasteiger partial charge in [0.05, 0.1) is 11.9 Å². The lowest BCUT2D eigenvalue weighted by Crippen LogP contribution is -2.52. The summed E-state index contributed by atoms with van der Waals surface area (Å²) in [5.41, 5.74) is 0.842. The van der Waals surface area contributed by atoms with Crippen LogP contribution in [-0.4, -0.2) is 50.5 Å². The second-order valence-electron chi connectivity index (χ2n) is 7.54. The molecule has 0 aliphatic heterocycles. The topological polar surface area (TPSA) is 86.8 Å². The number of hydrogen-bond donors (Lipinski definition) is 1. The molecule has 1 atom stereocenters. The van der Waals surface area contributed by atoms with Crippen LogP contribution in [0.4, 0.5) is 5.69 Å². The van der Waals surface area contributed by atoms with E-state index < -0.39 is 28.5 Å². The van der Waals surface area contributed by atoms with Gasteiger partial charge in [-0.25, -0.2) is 8.42 Å². The first kappa shape index (κ1) is 27.0. The van der Waals surface area contributed by atoms with Crippen LogP contribution >= 0.6 is 23.2 Å². The minimum Gasteiger partial charge on any atom is -0.354 e. The standard InChI is InChI=1S/C23H29Cl2N3O4S/c1-4-14-26-23(30)21(5-2)27(15-18-19(24)12-9-13-20(18)25)22(29)16-28(33(3,31)32)17-10-7-6-8-11-17/h6-13,21H,4-5,14-16H2,1-3H3,(H,26,30)/t21-/m1/s1. The van der Waals surface area contributed by atoms with Gasteiger partial charge in [-0.05, 0) is 37.1 Å². The molecule has 0 saturated heterocycles. The van der Waals surface area contributed by atoms with Crippen molar-refractivity contribution in [3.05, 3.63) is 64.1 Å². The van der Waals surface area contributed by atoms with Crippen molar-refractivity contribution in [3.8, 4) is 0 Å². The van der Waals surface area contributed by atoms with Crippen molar-refractivity contribution in [1.29, 1.82) is 0 Å². The molecular weight excluding hydrogens is 485 g/mol. The van der Waals surface area contributed by atoms with E-state index in [1.54, 1.807) is 55.5 Å². The van der Waals surface area contributed by atoms with Crippen LogP contribution in [0.15, 0.2) is 48.5 Å². The van der Waals surface area contributed by atoms with Gasteiger partial charge in [0.25, 0.3) is 0 Å². The van der Waals surface area contributed by atoms with E-state index in [1.807, 2.05) is 6.92 Å². The highest BCUT2D eigenvalue weighted by molar-refractivity contribution is 7.92. The molecule has 33 heavy (non-hydrogen) atoms. The smallest absolute Gasteiger partial charge is 0.244 e. The highest BCUT2D eigenvalue weighted by Crippen LogP contribution is 2.27. The normalized spacial score (nSPS) is 12.2. The maximum atomic E-state index is 13.5. The number of amides is 2. The average molecular weight is 514 g/mol. The highest BCUT2D eigenvalue weighted by atomic mass is 35.5. The fraction of sp³-hybridized carbons (Fsp3) is 0.391. The highest BCUT2D eigenvalue weighted by Gasteiger charge is 2.32. The summed E-state index contributed by atoms with van der Waals surface area (Å²) in [5.74, 6) is -0.861. The predicted molar refractivity (Wildman–Crippen MR) is 133 cm³/mol. The number of sulfonamides is 1. The van der Waals surface area contributed by atoms with Crippen LogP contribution in [0, 0.1) is 0 Å². The molecule has 0 fully saturated rings. The molecule has 1 N–H and O–H groups in total. The van der Waals surface area contributed by atoms with Crippen molar-refractivity contribution >= 4 is 50.7 Å². The molecule has 0 aliphatic carbocycles. The monoisotopic (exact) mass is 513 g/mol. The summed E-state index contributed by atoms with van der Waals surface area (Å²) in [6, 6.07) is 12.5. The number of halogens is 2. The van der Waals surface area contributed by atoms with Gasteiger partial charge < -0.3 is 10.2 Å². The van der Waals surface area contributed by atoms with Gasteiger partial charge in [0.2, 0.25) is 21.8 Å². The molecule has 10 heteroatoms. The fourth-order valence-electron chi connectivity index (χ4n) is 3.35. The number of carbonyl (C=O) groups excluding carboxylic acids is 2. The fourth-order valence-corrected chi connectivity index (χ4v) is 4.71. The number of anilines is 1. The minimum atomic E-state index is -3.77.